The van der Waals surface area contributed by atoms with Crippen LogP contribution in [0.25, 0.3) is 0 Å². The molecule has 2 rings (SSSR count). The molecule has 12 heavy (non-hydrogen) atoms. The second-order valence-corrected chi connectivity index (χ2v) is 2.50. The summed E-state index contributed by atoms with van der Waals surface area (Å²) in [6.07, 6.45) is 7.51. The number of hydrogen-bond acceptors (Lipinski definition) is 2. The van der Waals surface area contributed by atoms with Gasteiger partial charge in [-0.05, 0) is 23.8 Å². The maximum atomic E-state index is 11.1. The fourth-order valence-corrected chi connectivity index (χ4v) is 1.12. The number of allylic oxidation sites excluding steroid dienone is 4. The van der Waals surface area contributed by atoms with Crippen molar-refractivity contribution in [2.24, 2.45) is 4.99 Å². The lowest BCUT2D eigenvalue weighted by atomic mass is 9.97. The molecule has 0 spiro atoms. The Labute approximate surface area is 68.8 Å². The molecule has 0 aromatic heterocycles. The number of nitrogens with zero attached hydrogens (tertiary/aromatic N) is 1. The van der Waals surface area contributed by atoms with E-state index in [-0.39, 0.29) is 11.7 Å². The molecule has 0 unspecified atom stereocenters. The lowest BCUT2D eigenvalue weighted by Gasteiger charge is -2.09. The van der Waals surface area contributed by atoms with Crippen LogP contribution in [0.1, 0.15) is 0 Å². The summed E-state index contributed by atoms with van der Waals surface area (Å²) >= 11 is 0. The fourth-order valence-electron chi connectivity index (χ4n) is 1.12. The van der Waals surface area contributed by atoms with Gasteiger partial charge in [-0.1, -0.05) is 6.08 Å². The molecule has 0 N–H and O–H groups in total. The Hall–Kier alpha value is -1.77. The first-order valence-electron chi connectivity index (χ1n) is 3.50. The SMILES string of the molecule is O=C1C=CC2=CC=NC(=O)C2=C1. The minimum absolute atomic E-state index is 0.160. The minimum Gasteiger partial charge on any atom is -0.290 e. The average Bonchev–Trinajstić information content (AvgIpc) is 2.07. The molecule has 0 fully saturated rings. The molecule has 2 aliphatic rings. The van der Waals surface area contributed by atoms with Gasteiger partial charge in [-0.3, -0.25) is 9.59 Å². The Morgan fingerprint density at radius 1 is 1.17 bits per heavy atom. The third-order valence-corrected chi connectivity index (χ3v) is 1.70. The van der Waals surface area contributed by atoms with Crippen LogP contribution in [0.2, 0.25) is 0 Å². The Bertz CT molecular complexity index is 383. The molecule has 58 valence electrons. The lowest BCUT2D eigenvalue weighted by Crippen LogP contribution is -2.10. The van der Waals surface area contributed by atoms with E-state index in [0.29, 0.717) is 5.57 Å². The van der Waals surface area contributed by atoms with Gasteiger partial charge in [-0.15, -0.1) is 0 Å². The predicted octanol–water partition coefficient (Wildman–Crippen LogP) is 0.589. The van der Waals surface area contributed by atoms with Gasteiger partial charge in [-0.2, -0.15) is 0 Å². The topological polar surface area (TPSA) is 46.5 Å². The molecule has 3 nitrogen and oxygen atoms in total. The quantitative estimate of drug-likeness (QED) is 0.519. The zero-order chi connectivity index (χ0) is 8.55. The standard InChI is InChI=1S/C9H5NO2/c11-7-2-1-6-3-4-10-9(12)8(6)5-7/h1-5H. The molecule has 0 saturated carbocycles. The summed E-state index contributed by atoms with van der Waals surface area (Å²) in [6, 6.07) is 0. The van der Waals surface area contributed by atoms with Crippen LogP contribution in [0.15, 0.2) is 40.4 Å². The largest absolute Gasteiger partial charge is 0.290 e. The van der Waals surface area contributed by atoms with Gasteiger partial charge in [0.1, 0.15) is 0 Å². The smallest absolute Gasteiger partial charge is 0.277 e. The first-order valence-corrected chi connectivity index (χ1v) is 3.50. The third kappa shape index (κ3) is 0.955. The number of dihydropyridines is 1. The summed E-state index contributed by atoms with van der Waals surface area (Å²) in [7, 11) is 0. The summed E-state index contributed by atoms with van der Waals surface area (Å²) in [4.78, 5) is 25.5. The zero-order valence-corrected chi connectivity index (χ0v) is 6.15. The van der Waals surface area contributed by atoms with E-state index in [4.69, 9.17) is 0 Å². The molecule has 0 radical (unpaired) electrons. The molecule has 1 aliphatic heterocycles. The van der Waals surface area contributed by atoms with E-state index < -0.39 is 0 Å². The highest BCUT2D eigenvalue weighted by molar-refractivity contribution is 6.15. The second kappa shape index (κ2) is 2.37. The summed E-state index contributed by atoms with van der Waals surface area (Å²) in [5.41, 5.74) is 1.15. The van der Waals surface area contributed by atoms with Crippen LogP contribution in [0.3, 0.4) is 0 Å². The Balaban J connectivity index is 2.53. The van der Waals surface area contributed by atoms with E-state index in [0.717, 1.165) is 5.57 Å². The summed E-state index contributed by atoms with van der Waals surface area (Å²) in [6.45, 7) is 0. The highest BCUT2D eigenvalue weighted by Crippen LogP contribution is 2.19. The Morgan fingerprint density at radius 3 is 2.83 bits per heavy atom. The van der Waals surface area contributed by atoms with Crippen LogP contribution < -0.4 is 0 Å². The summed E-state index contributed by atoms with van der Waals surface area (Å²) in [5, 5.41) is 0. The number of ketones is 1. The van der Waals surface area contributed by atoms with Crippen LogP contribution in [0.5, 0.6) is 0 Å². The molecule has 3 heteroatoms. The van der Waals surface area contributed by atoms with E-state index in [2.05, 4.69) is 4.99 Å². The minimum atomic E-state index is -0.342. The van der Waals surface area contributed by atoms with Crippen molar-refractivity contribution in [2.75, 3.05) is 0 Å². The maximum absolute atomic E-state index is 11.1. The van der Waals surface area contributed by atoms with E-state index in [1.807, 2.05) is 0 Å². The van der Waals surface area contributed by atoms with Gasteiger partial charge in [0.15, 0.2) is 5.78 Å². The second-order valence-electron chi connectivity index (χ2n) is 2.50. The first kappa shape index (κ1) is 6.91. The van der Waals surface area contributed by atoms with Gasteiger partial charge in [-0.25, -0.2) is 4.99 Å². The highest BCUT2D eigenvalue weighted by atomic mass is 16.1. The van der Waals surface area contributed by atoms with Crippen LogP contribution in [-0.2, 0) is 9.59 Å². The van der Waals surface area contributed by atoms with Crippen molar-refractivity contribution < 1.29 is 9.59 Å². The normalized spacial score (nSPS) is 20.3. The number of hydrogen-bond donors (Lipinski definition) is 0. The molecule has 1 heterocycles. The number of aliphatic imine (C=N–C) groups is 1. The number of carbonyl (C=O) groups is 2. The first-order chi connectivity index (χ1) is 5.77. The molecule has 0 aromatic carbocycles. The van der Waals surface area contributed by atoms with E-state index in [1.54, 1.807) is 12.2 Å². The molecular weight excluding hydrogens is 154 g/mol. The van der Waals surface area contributed by atoms with Crippen LogP contribution in [-0.4, -0.2) is 17.9 Å². The predicted molar refractivity (Wildman–Crippen MR) is 43.8 cm³/mol. The number of carbonyl (C=O) groups excluding carboxylic acids is 2. The van der Waals surface area contributed by atoms with Crippen molar-refractivity contribution in [2.45, 2.75) is 0 Å². The van der Waals surface area contributed by atoms with E-state index in [9.17, 15) is 9.59 Å². The Morgan fingerprint density at radius 2 is 2.00 bits per heavy atom. The lowest BCUT2D eigenvalue weighted by molar-refractivity contribution is -0.115. The average molecular weight is 159 g/mol. The van der Waals surface area contributed by atoms with Gasteiger partial charge >= 0.3 is 0 Å². The molecule has 1 aliphatic carbocycles. The highest BCUT2D eigenvalue weighted by Gasteiger charge is 2.18. The van der Waals surface area contributed by atoms with Crippen molar-refractivity contribution >= 4 is 17.9 Å². The van der Waals surface area contributed by atoms with Crippen molar-refractivity contribution in [3.8, 4) is 0 Å². The molecule has 0 saturated heterocycles. The van der Waals surface area contributed by atoms with Crippen LogP contribution in [0, 0.1) is 0 Å². The summed E-state index contributed by atoms with van der Waals surface area (Å²) in [5.74, 6) is -0.502. The van der Waals surface area contributed by atoms with Crippen molar-refractivity contribution in [3.05, 3.63) is 35.5 Å². The van der Waals surface area contributed by atoms with Crippen LogP contribution in [0.4, 0.5) is 0 Å². The summed E-state index contributed by atoms with van der Waals surface area (Å²) < 4.78 is 0. The third-order valence-electron chi connectivity index (χ3n) is 1.70. The maximum Gasteiger partial charge on any atom is 0.277 e. The monoisotopic (exact) mass is 159 g/mol. The van der Waals surface area contributed by atoms with Gasteiger partial charge < -0.3 is 0 Å². The fraction of sp³-hybridized carbons (Fsp3) is 0. The number of rotatable bonds is 0. The van der Waals surface area contributed by atoms with Gasteiger partial charge in [0.2, 0.25) is 0 Å². The van der Waals surface area contributed by atoms with E-state index >= 15 is 0 Å². The number of fused-ring (bicyclic) bond motifs is 1. The van der Waals surface area contributed by atoms with Gasteiger partial charge in [0.25, 0.3) is 5.91 Å². The molecule has 0 atom stereocenters. The van der Waals surface area contributed by atoms with Crippen molar-refractivity contribution in [1.29, 1.82) is 0 Å². The Kier molecular flexibility index (Phi) is 1.37. The molecular formula is C9H5NO2. The molecule has 1 amide bonds. The van der Waals surface area contributed by atoms with Crippen LogP contribution >= 0.6 is 0 Å². The van der Waals surface area contributed by atoms with Crippen molar-refractivity contribution in [3.63, 3.8) is 0 Å². The van der Waals surface area contributed by atoms with Gasteiger partial charge in [0.05, 0.1) is 5.57 Å². The number of amides is 1. The van der Waals surface area contributed by atoms with E-state index in [1.165, 1.54) is 18.4 Å². The molecule has 0 aromatic rings. The molecule has 0 bridgehead atoms. The van der Waals surface area contributed by atoms with Gasteiger partial charge in [0, 0.05) is 6.21 Å². The van der Waals surface area contributed by atoms with Crippen molar-refractivity contribution in [1.82, 2.24) is 0 Å². The zero-order valence-electron chi connectivity index (χ0n) is 6.15.